The Hall–Kier alpha value is -1.54. The van der Waals surface area contributed by atoms with E-state index in [1.807, 2.05) is 6.07 Å². The lowest BCUT2D eigenvalue weighted by Crippen LogP contribution is -2.19. The summed E-state index contributed by atoms with van der Waals surface area (Å²) < 4.78 is 0. The van der Waals surface area contributed by atoms with Crippen molar-refractivity contribution in [2.24, 2.45) is 11.8 Å². The Morgan fingerprint density at radius 3 is 2.40 bits per heavy atom. The molecule has 0 aromatic carbocycles. The van der Waals surface area contributed by atoms with Gasteiger partial charge in [-0.3, -0.25) is 0 Å². The molecule has 2 N–H and O–H groups in total. The van der Waals surface area contributed by atoms with Crippen LogP contribution in [0, 0.1) is 11.8 Å². The Balaban J connectivity index is 0.000000173. The topological polar surface area (TPSA) is 40.5 Å². The van der Waals surface area contributed by atoms with E-state index in [0.717, 1.165) is 6.42 Å². The summed E-state index contributed by atoms with van der Waals surface area (Å²) in [6.45, 7) is 8.60. The Morgan fingerprint density at radius 2 is 1.95 bits per heavy atom. The van der Waals surface area contributed by atoms with Gasteiger partial charge in [0, 0.05) is 6.61 Å². The van der Waals surface area contributed by atoms with Gasteiger partial charge in [-0.2, -0.15) is 0 Å². The molecule has 2 nitrogen and oxygen atoms in total. The maximum Gasteiger partial charge on any atom is 0.116 e. The third-order valence-electron chi connectivity index (χ3n) is 4.13. The predicted octanol–water partition coefficient (Wildman–Crippen LogP) is 4.29. The van der Waals surface area contributed by atoms with E-state index >= 15 is 0 Å². The Labute approximate surface area is 121 Å². The second kappa shape index (κ2) is 6.27. The SMILES string of the molecule is C=C(C)[C@H]1CCC(C)=C[C@H]1CCO.Oc1cc2cc-2c1. The Morgan fingerprint density at radius 1 is 1.30 bits per heavy atom. The maximum atomic E-state index is 8.95. The van der Waals surface area contributed by atoms with Gasteiger partial charge in [-0.15, -0.1) is 0 Å². The molecule has 0 aromatic heterocycles. The number of allylic oxidation sites excluding steroid dienone is 3. The first kappa shape index (κ1) is 14.9. The number of rotatable bonds is 3. The van der Waals surface area contributed by atoms with E-state index in [1.165, 1.54) is 35.1 Å². The quantitative estimate of drug-likeness (QED) is 0.818. The average molecular weight is 272 g/mol. The number of fused-ring (bicyclic) bond motifs is 1. The molecule has 108 valence electrons. The van der Waals surface area contributed by atoms with Crippen LogP contribution in [0.5, 0.6) is 5.75 Å². The van der Waals surface area contributed by atoms with Crippen molar-refractivity contribution in [2.75, 3.05) is 6.61 Å². The number of aromatic hydroxyl groups is 1. The van der Waals surface area contributed by atoms with Crippen LogP contribution in [-0.2, 0) is 0 Å². The van der Waals surface area contributed by atoms with Gasteiger partial charge >= 0.3 is 0 Å². The van der Waals surface area contributed by atoms with Crippen LogP contribution in [0.1, 0.15) is 33.1 Å². The third kappa shape index (κ3) is 3.73. The zero-order chi connectivity index (χ0) is 14.7. The molecule has 0 unspecified atom stereocenters. The molecule has 2 atom stereocenters. The van der Waals surface area contributed by atoms with Crippen molar-refractivity contribution in [3.8, 4) is 16.9 Å². The van der Waals surface area contributed by atoms with Gasteiger partial charge in [-0.05, 0) is 74.3 Å². The largest absolute Gasteiger partial charge is 0.508 e. The van der Waals surface area contributed by atoms with Crippen molar-refractivity contribution in [1.29, 1.82) is 0 Å². The van der Waals surface area contributed by atoms with Crippen molar-refractivity contribution in [1.82, 2.24) is 0 Å². The summed E-state index contributed by atoms with van der Waals surface area (Å²) in [5.74, 6) is 1.51. The van der Waals surface area contributed by atoms with Gasteiger partial charge in [-0.25, -0.2) is 0 Å². The molecule has 2 heteroatoms. The van der Waals surface area contributed by atoms with E-state index in [4.69, 9.17) is 10.2 Å². The lowest BCUT2D eigenvalue weighted by atomic mass is 9.76. The normalized spacial score (nSPS) is 22.4. The highest BCUT2D eigenvalue weighted by Gasteiger charge is 2.23. The summed E-state index contributed by atoms with van der Waals surface area (Å²) in [6.07, 6.45) is 5.61. The van der Waals surface area contributed by atoms with E-state index in [-0.39, 0.29) is 6.61 Å². The van der Waals surface area contributed by atoms with Crippen LogP contribution in [0.3, 0.4) is 0 Å². The number of hydrogen-bond acceptors (Lipinski definition) is 2. The molecule has 0 spiro atoms. The fourth-order valence-corrected chi connectivity index (χ4v) is 2.95. The van der Waals surface area contributed by atoms with Crippen molar-refractivity contribution in [2.45, 2.75) is 33.1 Å². The number of aliphatic hydroxyl groups excluding tert-OH is 1. The molecule has 0 bridgehead atoms. The number of hydrogen-bond donors (Lipinski definition) is 2. The van der Waals surface area contributed by atoms with Crippen LogP contribution in [0.4, 0.5) is 0 Å². The Bertz CT molecular complexity index is 508. The van der Waals surface area contributed by atoms with Crippen molar-refractivity contribution >= 4 is 0 Å². The van der Waals surface area contributed by atoms with Crippen LogP contribution < -0.4 is 0 Å². The highest BCUT2D eigenvalue weighted by atomic mass is 16.3. The van der Waals surface area contributed by atoms with Crippen molar-refractivity contribution < 1.29 is 10.2 Å². The molecule has 0 radical (unpaired) electrons. The second-order valence-electron chi connectivity index (χ2n) is 5.95. The van der Waals surface area contributed by atoms with E-state index < -0.39 is 0 Å². The zero-order valence-corrected chi connectivity index (χ0v) is 12.4. The second-order valence-corrected chi connectivity index (χ2v) is 5.95. The van der Waals surface area contributed by atoms with Gasteiger partial charge in [-0.1, -0.05) is 23.8 Å². The molecule has 0 saturated carbocycles. The van der Waals surface area contributed by atoms with Gasteiger partial charge in [0.2, 0.25) is 0 Å². The molecule has 0 heterocycles. The van der Waals surface area contributed by atoms with E-state index in [1.54, 1.807) is 12.1 Å². The molecule has 20 heavy (non-hydrogen) atoms. The fraction of sp³-hybridized carbons (Fsp3) is 0.444. The first-order valence-corrected chi connectivity index (χ1v) is 7.29. The minimum absolute atomic E-state index is 0.290. The Kier molecular flexibility index (Phi) is 4.66. The number of aliphatic hydroxyl groups is 1. The van der Waals surface area contributed by atoms with Gasteiger partial charge in [0.15, 0.2) is 0 Å². The van der Waals surface area contributed by atoms with Crippen LogP contribution in [0.2, 0.25) is 0 Å². The summed E-state index contributed by atoms with van der Waals surface area (Å²) in [5.41, 5.74) is 5.12. The lowest BCUT2D eigenvalue weighted by molar-refractivity contribution is 0.244. The van der Waals surface area contributed by atoms with Crippen molar-refractivity contribution in [3.63, 3.8) is 0 Å². The molecule has 3 rings (SSSR count). The number of phenols is 1. The first-order chi connectivity index (χ1) is 9.51. The molecule has 0 aromatic rings. The van der Waals surface area contributed by atoms with Crippen LogP contribution in [0.25, 0.3) is 11.1 Å². The molecule has 3 aliphatic rings. The van der Waals surface area contributed by atoms with Crippen molar-refractivity contribution in [3.05, 3.63) is 42.0 Å². The minimum atomic E-state index is 0.290. The van der Waals surface area contributed by atoms with Gasteiger partial charge in [0.25, 0.3) is 0 Å². The molecule has 0 fully saturated rings. The molecule has 0 saturated heterocycles. The maximum absolute atomic E-state index is 8.95. The average Bonchev–Trinajstić information content (AvgIpc) is 2.98. The van der Waals surface area contributed by atoms with E-state index in [9.17, 15) is 0 Å². The van der Waals surface area contributed by atoms with Crippen LogP contribution in [-0.4, -0.2) is 16.8 Å². The third-order valence-corrected chi connectivity index (χ3v) is 4.13. The molecular weight excluding hydrogens is 248 g/mol. The molecule has 0 aliphatic heterocycles. The van der Waals surface area contributed by atoms with E-state index in [0.29, 0.717) is 17.6 Å². The summed E-state index contributed by atoms with van der Waals surface area (Å²) in [7, 11) is 0. The highest BCUT2D eigenvalue weighted by molar-refractivity contribution is 5.83. The van der Waals surface area contributed by atoms with Gasteiger partial charge < -0.3 is 10.2 Å². The summed E-state index contributed by atoms with van der Waals surface area (Å²) in [5, 5.41) is 17.6. The first-order valence-electron chi connectivity index (χ1n) is 7.29. The minimum Gasteiger partial charge on any atom is -0.508 e. The molecule has 3 aliphatic carbocycles. The van der Waals surface area contributed by atoms with Gasteiger partial charge in [0.1, 0.15) is 5.75 Å². The summed E-state index contributed by atoms with van der Waals surface area (Å²) >= 11 is 0. The zero-order valence-electron chi connectivity index (χ0n) is 12.4. The lowest BCUT2D eigenvalue weighted by Gasteiger charge is -2.29. The van der Waals surface area contributed by atoms with E-state index in [2.05, 4.69) is 26.5 Å². The predicted molar refractivity (Wildman–Crippen MR) is 83.6 cm³/mol. The van der Waals surface area contributed by atoms with Crippen LogP contribution in [0.15, 0.2) is 42.0 Å². The van der Waals surface area contributed by atoms with Gasteiger partial charge in [0.05, 0.1) is 0 Å². The summed E-state index contributed by atoms with van der Waals surface area (Å²) in [4.78, 5) is 0. The standard InChI is InChI=1S/C12H20O.C6H4O/c1-9(2)12-5-4-10(3)8-11(12)6-7-13;7-6-2-4-1-5(4)3-6/h8,11-13H,1,4-7H2,2-3H3;1-3,7H/t11-,12-;/m1./s1. The smallest absolute Gasteiger partial charge is 0.116 e. The monoisotopic (exact) mass is 272 g/mol. The fourth-order valence-electron chi connectivity index (χ4n) is 2.95. The number of phenolic OH excluding ortho intramolecular Hbond substituents is 1. The molecule has 0 amide bonds. The van der Waals surface area contributed by atoms with Crippen LogP contribution >= 0.6 is 0 Å². The number of benzene rings is 1. The summed E-state index contributed by atoms with van der Waals surface area (Å²) in [6, 6.07) is 5.55. The molecular formula is C18H24O2. The highest BCUT2D eigenvalue weighted by Crippen LogP contribution is 2.38.